The molecule has 0 spiro atoms. The molecule has 2 radical (unpaired) electrons. The Morgan fingerprint density at radius 2 is 1.04 bits per heavy atom. The molecule has 27 heavy (non-hydrogen) atoms. The van der Waals surface area contributed by atoms with Crippen LogP contribution in [0.25, 0.3) is 0 Å². The number of rotatable bonds is 22. The standard InChI is InChI=1S/C27H52/c1-4-7-9-11-13-14-15-16-17-19-21-23-26-27(24-6-3)25-22-20-18-12-10-8-5-2/h21,23,27H,1-2,4-20,22,24-26H2,3H3. The summed E-state index contributed by atoms with van der Waals surface area (Å²) in [4.78, 5) is 0. The number of allylic oxidation sites excluding steroid dienone is 2. The highest BCUT2D eigenvalue weighted by Gasteiger charge is 2.05. The molecule has 0 saturated heterocycles. The van der Waals surface area contributed by atoms with Gasteiger partial charge in [-0.1, -0.05) is 148 Å². The quantitative estimate of drug-likeness (QED) is 0.130. The summed E-state index contributed by atoms with van der Waals surface area (Å²) in [6, 6.07) is 0. The summed E-state index contributed by atoms with van der Waals surface area (Å²) in [6.45, 7) is 10.2. The molecule has 0 saturated carbocycles. The van der Waals surface area contributed by atoms with Crippen LogP contribution in [0.1, 0.15) is 142 Å². The zero-order chi connectivity index (χ0) is 19.8. The van der Waals surface area contributed by atoms with Gasteiger partial charge >= 0.3 is 0 Å². The van der Waals surface area contributed by atoms with E-state index < -0.39 is 0 Å². The smallest absolute Gasteiger partial charge is 0.0322 e. The van der Waals surface area contributed by atoms with Crippen LogP contribution in [0, 0.1) is 19.8 Å². The molecule has 0 heteroatoms. The van der Waals surface area contributed by atoms with Gasteiger partial charge in [0.15, 0.2) is 0 Å². The monoisotopic (exact) mass is 376 g/mol. The molecule has 0 aromatic heterocycles. The molecule has 1 unspecified atom stereocenters. The highest BCUT2D eigenvalue weighted by molar-refractivity contribution is 4.84. The highest BCUT2D eigenvalue weighted by Crippen LogP contribution is 2.21. The van der Waals surface area contributed by atoms with Crippen LogP contribution in [0.4, 0.5) is 0 Å². The van der Waals surface area contributed by atoms with Gasteiger partial charge in [-0.2, -0.15) is 0 Å². The molecule has 0 rings (SSSR count). The van der Waals surface area contributed by atoms with E-state index in [9.17, 15) is 0 Å². The lowest BCUT2D eigenvalue weighted by molar-refractivity contribution is 0.422. The van der Waals surface area contributed by atoms with E-state index in [-0.39, 0.29) is 0 Å². The van der Waals surface area contributed by atoms with Crippen LogP contribution in [0.15, 0.2) is 12.2 Å². The van der Waals surface area contributed by atoms with Crippen molar-refractivity contribution in [3.05, 3.63) is 26.0 Å². The number of hydrogen-bond donors (Lipinski definition) is 0. The van der Waals surface area contributed by atoms with Gasteiger partial charge in [0.2, 0.25) is 0 Å². The zero-order valence-corrected chi connectivity index (χ0v) is 19.0. The Labute approximate surface area is 174 Å². The first-order chi connectivity index (χ1) is 13.3. The SMILES string of the molecule is [CH2]CCCCCCCCCCC=CCC(CCC)CCCCCCCC[CH2]. The van der Waals surface area contributed by atoms with Crippen molar-refractivity contribution in [3.63, 3.8) is 0 Å². The predicted octanol–water partition coefficient (Wildman–Crippen LogP) is 10.0. The minimum atomic E-state index is 0.935. The molecule has 0 N–H and O–H groups in total. The van der Waals surface area contributed by atoms with Crippen LogP contribution < -0.4 is 0 Å². The van der Waals surface area contributed by atoms with Crippen molar-refractivity contribution >= 4 is 0 Å². The summed E-state index contributed by atoms with van der Waals surface area (Å²) >= 11 is 0. The maximum atomic E-state index is 3.93. The first kappa shape index (κ1) is 26.7. The van der Waals surface area contributed by atoms with E-state index >= 15 is 0 Å². The molecule has 0 aliphatic carbocycles. The Hall–Kier alpha value is -0.260. The predicted molar refractivity (Wildman–Crippen MR) is 126 cm³/mol. The van der Waals surface area contributed by atoms with Gasteiger partial charge in [0.05, 0.1) is 0 Å². The van der Waals surface area contributed by atoms with E-state index in [1.165, 1.54) is 122 Å². The lowest BCUT2D eigenvalue weighted by atomic mass is 9.92. The first-order valence-electron chi connectivity index (χ1n) is 12.6. The van der Waals surface area contributed by atoms with Crippen LogP contribution in [0.3, 0.4) is 0 Å². The second-order valence-electron chi connectivity index (χ2n) is 8.60. The van der Waals surface area contributed by atoms with Gasteiger partial charge < -0.3 is 0 Å². The van der Waals surface area contributed by atoms with Crippen molar-refractivity contribution in [1.29, 1.82) is 0 Å². The van der Waals surface area contributed by atoms with Gasteiger partial charge in [0.25, 0.3) is 0 Å². The summed E-state index contributed by atoms with van der Waals surface area (Å²) in [5.41, 5.74) is 0. The second kappa shape index (κ2) is 23.8. The average Bonchev–Trinajstić information content (AvgIpc) is 2.68. The highest BCUT2D eigenvalue weighted by atomic mass is 14.1. The summed E-state index contributed by atoms with van der Waals surface area (Å²) in [7, 11) is 0. The average molecular weight is 377 g/mol. The van der Waals surface area contributed by atoms with E-state index in [1.807, 2.05) is 0 Å². The lowest BCUT2D eigenvalue weighted by Crippen LogP contribution is -1.99. The van der Waals surface area contributed by atoms with Crippen molar-refractivity contribution < 1.29 is 0 Å². The lowest BCUT2D eigenvalue weighted by Gasteiger charge is -2.13. The van der Waals surface area contributed by atoms with Crippen LogP contribution in [-0.4, -0.2) is 0 Å². The molecule has 0 heterocycles. The van der Waals surface area contributed by atoms with Crippen molar-refractivity contribution in [2.24, 2.45) is 5.92 Å². The Morgan fingerprint density at radius 1 is 0.556 bits per heavy atom. The molecule has 0 aliphatic heterocycles. The second-order valence-corrected chi connectivity index (χ2v) is 8.60. The summed E-state index contributed by atoms with van der Waals surface area (Å²) in [5, 5.41) is 0. The van der Waals surface area contributed by atoms with Crippen molar-refractivity contribution in [1.82, 2.24) is 0 Å². The normalized spacial score (nSPS) is 12.9. The largest absolute Gasteiger partial charge is 0.0885 e. The van der Waals surface area contributed by atoms with Crippen LogP contribution in [0.2, 0.25) is 0 Å². The van der Waals surface area contributed by atoms with Crippen molar-refractivity contribution in [3.8, 4) is 0 Å². The van der Waals surface area contributed by atoms with Crippen molar-refractivity contribution in [2.45, 2.75) is 142 Å². The van der Waals surface area contributed by atoms with Crippen LogP contribution in [0.5, 0.6) is 0 Å². The molecule has 1 atom stereocenters. The van der Waals surface area contributed by atoms with Crippen LogP contribution in [-0.2, 0) is 0 Å². The molecule has 0 nitrogen and oxygen atoms in total. The first-order valence-corrected chi connectivity index (χ1v) is 12.6. The minimum Gasteiger partial charge on any atom is -0.0885 e. The van der Waals surface area contributed by atoms with E-state index in [2.05, 4.69) is 32.9 Å². The summed E-state index contributed by atoms with van der Waals surface area (Å²) in [5.74, 6) is 0.935. The fourth-order valence-electron chi connectivity index (χ4n) is 4.01. The van der Waals surface area contributed by atoms with Crippen LogP contribution >= 0.6 is 0 Å². The minimum absolute atomic E-state index is 0.935. The van der Waals surface area contributed by atoms with Gasteiger partial charge in [-0.25, -0.2) is 0 Å². The molecule has 160 valence electrons. The third-order valence-electron chi connectivity index (χ3n) is 5.82. The van der Waals surface area contributed by atoms with E-state index in [1.54, 1.807) is 0 Å². The third-order valence-corrected chi connectivity index (χ3v) is 5.82. The fraction of sp³-hybridized carbons (Fsp3) is 0.852. The zero-order valence-electron chi connectivity index (χ0n) is 19.0. The molecule has 0 aliphatic rings. The molecule has 0 bridgehead atoms. The molecular formula is C27H52. The Bertz CT molecular complexity index is 278. The maximum Gasteiger partial charge on any atom is -0.0322 e. The molecule has 0 aromatic carbocycles. The number of hydrogen-bond acceptors (Lipinski definition) is 0. The van der Waals surface area contributed by atoms with E-state index in [0.29, 0.717) is 0 Å². The Morgan fingerprint density at radius 3 is 1.56 bits per heavy atom. The van der Waals surface area contributed by atoms with Gasteiger partial charge in [-0.15, -0.1) is 0 Å². The van der Waals surface area contributed by atoms with Gasteiger partial charge in [-0.05, 0) is 25.2 Å². The number of unbranched alkanes of at least 4 members (excludes halogenated alkanes) is 15. The Balaban J connectivity index is 3.50. The van der Waals surface area contributed by atoms with Gasteiger partial charge in [0.1, 0.15) is 0 Å². The van der Waals surface area contributed by atoms with E-state index in [0.717, 1.165) is 18.8 Å². The van der Waals surface area contributed by atoms with Gasteiger partial charge in [-0.3, -0.25) is 0 Å². The topological polar surface area (TPSA) is 0 Å². The van der Waals surface area contributed by atoms with E-state index in [4.69, 9.17) is 0 Å². The summed E-state index contributed by atoms with van der Waals surface area (Å²) < 4.78 is 0. The fourth-order valence-corrected chi connectivity index (χ4v) is 4.01. The van der Waals surface area contributed by atoms with Crippen molar-refractivity contribution in [2.75, 3.05) is 0 Å². The molecule has 0 amide bonds. The molecule has 0 aromatic rings. The molecular weight excluding hydrogens is 324 g/mol. The maximum absolute atomic E-state index is 3.93. The van der Waals surface area contributed by atoms with Gasteiger partial charge in [0, 0.05) is 0 Å². The third kappa shape index (κ3) is 21.9. The molecule has 0 fully saturated rings. The Kier molecular flexibility index (Phi) is 23.5. The summed E-state index contributed by atoms with van der Waals surface area (Å²) in [6.07, 6.45) is 33.7.